The van der Waals surface area contributed by atoms with Crippen LogP contribution in [0.4, 0.5) is 0 Å². The SMILES string of the molecule is Cc1ccc(SCCNC(=O)C2CCN(S(=O)(=O)c3cccnc3)CC2)cc1. The minimum Gasteiger partial charge on any atom is -0.355 e. The van der Waals surface area contributed by atoms with Crippen LogP contribution in [0.2, 0.25) is 0 Å². The Kier molecular flexibility index (Phi) is 7.09. The molecule has 28 heavy (non-hydrogen) atoms. The van der Waals surface area contributed by atoms with Crippen molar-refractivity contribution in [2.75, 3.05) is 25.4 Å². The standard InChI is InChI=1S/C20H25N3O3S2/c1-16-4-6-18(7-5-16)27-14-11-22-20(24)17-8-12-23(13-9-17)28(25,26)19-3-2-10-21-15-19/h2-7,10,15,17H,8-9,11-14H2,1H3,(H,22,24). The summed E-state index contributed by atoms with van der Waals surface area (Å²) in [5.74, 6) is 0.691. The molecule has 0 radical (unpaired) electrons. The average molecular weight is 420 g/mol. The largest absolute Gasteiger partial charge is 0.355 e. The molecule has 0 saturated carbocycles. The summed E-state index contributed by atoms with van der Waals surface area (Å²) in [6.07, 6.45) is 3.99. The molecule has 1 aliphatic heterocycles. The highest BCUT2D eigenvalue weighted by atomic mass is 32.2. The third-order valence-corrected chi connectivity index (χ3v) is 7.68. The van der Waals surface area contributed by atoms with Gasteiger partial charge in [-0.3, -0.25) is 9.78 Å². The summed E-state index contributed by atoms with van der Waals surface area (Å²) in [4.78, 5) is 17.7. The molecule has 0 aliphatic carbocycles. The van der Waals surface area contributed by atoms with Gasteiger partial charge in [0, 0.05) is 48.6 Å². The first-order chi connectivity index (χ1) is 13.5. The smallest absolute Gasteiger partial charge is 0.244 e. The number of hydrogen-bond acceptors (Lipinski definition) is 5. The topological polar surface area (TPSA) is 79.4 Å². The van der Waals surface area contributed by atoms with Gasteiger partial charge in [0.05, 0.1) is 0 Å². The molecule has 0 unspecified atom stereocenters. The van der Waals surface area contributed by atoms with E-state index in [1.54, 1.807) is 30.1 Å². The van der Waals surface area contributed by atoms with Crippen LogP contribution in [0.5, 0.6) is 0 Å². The van der Waals surface area contributed by atoms with E-state index < -0.39 is 10.0 Å². The van der Waals surface area contributed by atoms with Gasteiger partial charge < -0.3 is 5.32 Å². The molecule has 0 spiro atoms. The van der Waals surface area contributed by atoms with E-state index in [0.29, 0.717) is 32.5 Å². The number of aryl methyl sites for hydroxylation is 1. The second kappa shape index (κ2) is 9.54. The van der Waals surface area contributed by atoms with Crippen LogP contribution in [0.3, 0.4) is 0 Å². The highest BCUT2D eigenvalue weighted by Crippen LogP contribution is 2.23. The second-order valence-electron chi connectivity index (χ2n) is 6.82. The molecule has 2 aromatic rings. The third-order valence-electron chi connectivity index (χ3n) is 4.79. The monoisotopic (exact) mass is 419 g/mol. The van der Waals surface area contributed by atoms with Gasteiger partial charge in [-0.2, -0.15) is 4.31 Å². The number of aromatic nitrogens is 1. The Morgan fingerprint density at radius 1 is 1.21 bits per heavy atom. The molecule has 8 heteroatoms. The van der Waals surface area contributed by atoms with Crippen LogP contribution in [0, 0.1) is 12.8 Å². The van der Waals surface area contributed by atoms with Gasteiger partial charge in [-0.15, -0.1) is 11.8 Å². The number of thioether (sulfide) groups is 1. The molecule has 1 saturated heterocycles. The lowest BCUT2D eigenvalue weighted by molar-refractivity contribution is -0.125. The van der Waals surface area contributed by atoms with Gasteiger partial charge >= 0.3 is 0 Å². The van der Waals surface area contributed by atoms with Crippen molar-refractivity contribution in [2.45, 2.75) is 29.6 Å². The predicted molar refractivity (Wildman–Crippen MR) is 111 cm³/mol. The van der Waals surface area contributed by atoms with Gasteiger partial charge in [-0.25, -0.2) is 8.42 Å². The van der Waals surface area contributed by atoms with E-state index >= 15 is 0 Å². The minimum atomic E-state index is -3.53. The van der Waals surface area contributed by atoms with Gasteiger partial charge in [0.1, 0.15) is 4.90 Å². The van der Waals surface area contributed by atoms with Crippen molar-refractivity contribution in [1.82, 2.24) is 14.6 Å². The fraction of sp³-hybridized carbons (Fsp3) is 0.400. The fourth-order valence-corrected chi connectivity index (χ4v) is 5.33. The average Bonchev–Trinajstić information content (AvgIpc) is 2.73. The van der Waals surface area contributed by atoms with Crippen LogP contribution >= 0.6 is 11.8 Å². The number of amides is 1. The van der Waals surface area contributed by atoms with Crippen LogP contribution in [0.1, 0.15) is 18.4 Å². The van der Waals surface area contributed by atoms with Gasteiger partial charge in [0.25, 0.3) is 0 Å². The summed E-state index contributed by atoms with van der Waals surface area (Å²) in [5.41, 5.74) is 1.23. The highest BCUT2D eigenvalue weighted by molar-refractivity contribution is 7.99. The Morgan fingerprint density at radius 3 is 2.57 bits per heavy atom. The van der Waals surface area contributed by atoms with Gasteiger partial charge in [-0.1, -0.05) is 17.7 Å². The summed E-state index contributed by atoms with van der Waals surface area (Å²) in [6, 6.07) is 11.5. The second-order valence-corrected chi connectivity index (χ2v) is 9.93. The van der Waals surface area contributed by atoms with Crippen molar-refractivity contribution >= 4 is 27.7 Å². The molecule has 1 N–H and O–H groups in total. The Bertz CT molecular complexity index is 879. The minimum absolute atomic E-state index is 0.0166. The lowest BCUT2D eigenvalue weighted by Crippen LogP contribution is -2.43. The van der Waals surface area contributed by atoms with Gasteiger partial charge in [0.15, 0.2) is 0 Å². The Morgan fingerprint density at radius 2 is 1.93 bits per heavy atom. The molecule has 1 fully saturated rings. The van der Waals surface area contributed by atoms with E-state index in [2.05, 4.69) is 41.5 Å². The van der Waals surface area contributed by atoms with Crippen molar-refractivity contribution < 1.29 is 13.2 Å². The molecule has 0 atom stereocenters. The van der Waals surface area contributed by atoms with E-state index in [0.717, 1.165) is 5.75 Å². The molecule has 1 aromatic carbocycles. The predicted octanol–water partition coefficient (Wildman–Crippen LogP) is 2.70. The molecule has 3 rings (SSSR count). The molecule has 2 heterocycles. The van der Waals surface area contributed by atoms with Crippen LogP contribution < -0.4 is 5.32 Å². The zero-order valence-electron chi connectivity index (χ0n) is 15.9. The Balaban J connectivity index is 1.42. The molecule has 6 nitrogen and oxygen atoms in total. The molecule has 1 amide bonds. The van der Waals surface area contributed by atoms with Crippen LogP contribution in [-0.2, 0) is 14.8 Å². The number of piperidine rings is 1. The molecule has 1 aromatic heterocycles. The maximum atomic E-state index is 12.6. The fourth-order valence-electron chi connectivity index (χ4n) is 3.13. The van der Waals surface area contributed by atoms with E-state index in [1.807, 2.05) is 0 Å². The Hall–Kier alpha value is -1.90. The molecule has 150 valence electrons. The molecular weight excluding hydrogens is 394 g/mol. The lowest BCUT2D eigenvalue weighted by Gasteiger charge is -2.30. The van der Waals surface area contributed by atoms with Crippen molar-refractivity contribution in [3.05, 3.63) is 54.4 Å². The number of hydrogen-bond donors (Lipinski definition) is 1. The van der Waals surface area contributed by atoms with Crippen molar-refractivity contribution in [3.8, 4) is 0 Å². The Labute approximate surface area is 170 Å². The van der Waals surface area contributed by atoms with Crippen molar-refractivity contribution in [3.63, 3.8) is 0 Å². The first kappa shape index (κ1) is 20.8. The van der Waals surface area contributed by atoms with Crippen LogP contribution in [0.15, 0.2) is 58.6 Å². The summed E-state index contributed by atoms with van der Waals surface area (Å²) in [5, 5.41) is 2.98. The summed E-state index contributed by atoms with van der Waals surface area (Å²) < 4.78 is 26.7. The molecular formula is C20H25N3O3S2. The summed E-state index contributed by atoms with van der Waals surface area (Å²) in [7, 11) is -3.53. The van der Waals surface area contributed by atoms with E-state index in [-0.39, 0.29) is 16.7 Å². The van der Waals surface area contributed by atoms with Crippen molar-refractivity contribution in [2.24, 2.45) is 5.92 Å². The maximum absolute atomic E-state index is 12.6. The van der Waals surface area contributed by atoms with Crippen molar-refractivity contribution in [1.29, 1.82) is 0 Å². The number of sulfonamides is 1. The number of carbonyl (C=O) groups is 1. The van der Waals surface area contributed by atoms with Gasteiger partial charge in [0.2, 0.25) is 15.9 Å². The summed E-state index contributed by atoms with van der Waals surface area (Å²) >= 11 is 1.71. The zero-order valence-corrected chi connectivity index (χ0v) is 17.5. The molecule has 1 aliphatic rings. The normalized spacial score (nSPS) is 16.0. The highest BCUT2D eigenvalue weighted by Gasteiger charge is 2.32. The van der Waals surface area contributed by atoms with Crippen LogP contribution in [0.25, 0.3) is 0 Å². The van der Waals surface area contributed by atoms with Gasteiger partial charge in [-0.05, 0) is 44.0 Å². The molecule has 0 bridgehead atoms. The third kappa shape index (κ3) is 5.33. The number of pyridine rings is 1. The lowest BCUT2D eigenvalue weighted by atomic mass is 9.97. The first-order valence-corrected chi connectivity index (χ1v) is 11.8. The number of nitrogens with one attached hydrogen (secondary N) is 1. The maximum Gasteiger partial charge on any atom is 0.244 e. The number of nitrogens with zero attached hydrogens (tertiary/aromatic N) is 2. The number of carbonyl (C=O) groups excluding carboxylic acids is 1. The quantitative estimate of drug-likeness (QED) is 0.551. The van der Waals surface area contributed by atoms with E-state index in [9.17, 15) is 13.2 Å². The van der Waals surface area contributed by atoms with Crippen LogP contribution in [-0.4, -0.2) is 49.0 Å². The van der Waals surface area contributed by atoms with E-state index in [1.165, 1.54) is 21.0 Å². The zero-order chi connectivity index (χ0) is 20.0. The first-order valence-electron chi connectivity index (χ1n) is 9.34. The van der Waals surface area contributed by atoms with E-state index in [4.69, 9.17) is 0 Å². The summed E-state index contributed by atoms with van der Waals surface area (Å²) in [6.45, 7) is 3.37. The number of benzene rings is 1. The number of rotatable bonds is 7.